The third kappa shape index (κ3) is 2.25. The van der Waals surface area contributed by atoms with E-state index in [1.165, 1.54) is 0 Å². The fourth-order valence-corrected chi connectivity index (χ4v) is 0.629. The lowest BCUT2D eigenvalue weighted by Gasteiger charge is -2.19. The molecule has 0 amide bonds. The molecule has 0 N–H and O–H groups in total. The number of hydrogen-bond donors (Lipinski definition) is 0. The van der Waals surface area contributed by atoms with E-state index in [2.05, 4.69) is 26.2 Å². The SMILES string of the molecule is CC(C)(C)OC(=O)C1(Br)N=N1. The van der Waals surface area contributed by atoms with Crippen LogP contribution in [0.15, 0.2) is 10.2 Å². The Labute approximate surface area is 73.1 Å². The minimum atomic E-state index is -1.08. The molecule has 4 nitrogen and oxygen atoms in total. The maximum absolute atomic E-state index is 11.1. The largest absolute Gasteiger partial charge is 0.456 e. The molecule has 62 valence electrons. The van der Waals surface area contributed by atoms with Crippen LogP contribution in [0, 0.1) is 0 Å². The minimum Gasteiger partial charge on any atom is -0.456 e. The van der Waals surface area contributed by atoms with Crippen LogP contribution in [0.25, 0.3) is 0 Å². The van der Waals surface area contributed by atoms with E-state index >= 15 is 0 Å². The monoisotopic (exact) mass is 220 g/mol. The third-order valence-electron chi connectivity index (χ3n) is 0.934. The first-order chi connectivity index (χ1) is 4.83. The molecule has 0 unspecified atom stereocenters. The van der Waals surface area contributed by atoms with Gasteiger partial charge in [-0.25, -0.2) is 4.79 Å². The van der Waals surface area contributed by atoms with Gasteiger partial charge in [0, 0.05) is 0 Å². The summed E-state index contributed by atoms with van der Waals surface area (Å²) in [6, 6.07) is 0. The molecule has 0 aromatic heterocycles. The molecule has 0 fully saturated rings. The Balaban J connectivity index is 2.45. The van der Waals surface area contributed by atoms with Gasteiger partial charge in [0.25, 0.3) is 0 Å². The number of halogens is 1. The van der Waals surface area contributed by atoms with Gasteiger partial charge in [0.05, 0.1) is 0 Å². The zero-order valence-electron chi connectivity index (χ0n) is 6.59. The molecule has 0 saturated heterocycles. The summed E-state index contributed by atoms with van der Waals surface area (Å²) in [5.74, 6) is -0.454. The van der Waals surface area contributed by atoms with Gasteiger partial charge in [-0.05, 0) is 36.7 Å². The van der Waals surface area contributed by atoms with Gasteiger partial charge in [-0.2, -0.15) is 0 Å². The molecular formula is C6H9BrN2O2. The Morgan fingerprint density at radius 1 is 1.45 bits per heavy atom. The molecule has 5 heteroatoms. The second kappa shape index (κ2) is 2.27. The van der Waals surface area contributed by atoms with Crippen LogP contribution in [0.2, 0.25) is 0 Å². The van der Waals surface area contributed by atoms with Crippen LogP contribution >= 0.6 is 15.9 Å². The second-order valence-corrected chi connectivity index (χ2v) is 4.39. The average molecular weight is 221 g/mol. The highest BCUT2D eigenvalue weighted by Gasteiger charge is 2.48. The van der Waals surface area contributed by atoms with Crippen molar-refractivity contribution in [1.82, 2.24) is 0 Å². The number of nitrogens with zero attached hydrogens (tertiary/aromatic N) is 2. The van der Waals surface area contributed by atoms with Gasteiger partial charge < -0.3 is 4.74 Å². The Bertz CT molecular complexity index is 213. The highest BCUT2D eigenvalue weighted by atomic mass is 79.9. The zero-order chi connectivity index (χ0) is 8.70. The van der Waals surface area contributed by atoms with Crippen LogP contribution in [0.1, 0.15) is 20.8 Å². The summed E-state index contributed by atoms with van der Waals surface area (Å²) in [7, 11) is 0. The Hall–Kier alpha value is -0.450. The van der Waals surface area contributed by atoms with Crippen molar-refractivity contribution >= 4 is 21.9 Å². The fourth-order valence-electron chi connectivity index (χ4n) is 0.469. The first-order valence-corrected chi connectivity index (χ1v) is 3.99. The normalized spacial score (nSPS) is 19.6. The van der Waals surface area contributed by atoms with Gasteiger partial charge in [-0.15, -0.1) is 10.2 Å². The highest BCUT2D eigenvalue weighted by Crippen LogP contribution is 2.37. The van der Waals surface area contributed by atoms with Crippen LogP contribution in [0.3, 0.4) is 0 Å². The summed E-state index contributed by atoms with van der Waals surface area (Å²) in [4.78, 5) is 11.1. The molecule has 0 radical (unpaired) electrons. The van der Waals surface area contributed by atoms with Gasteiger partial charge in [0.2, 0.25) is 0 Å². The third-order valence-corrected chi connectivity index (χ3v) is 1.58. The summed E-state index contributed by atoms with van der Waals surface area (Å²) in [5, 5.41) is 6.97. The Morgan fingerprint density at radius 2 is 1.91 bits per heavy atom. The van der Waals surface area contributed by atoms with E-state index in [1.54, 1.807) is 20.8 Å². The molecule has 0 aromatic rings. The first kappa shape index (κ1) is 8.64. The van der Waals surface area contributed by atoms with Crippen molar-refractivity contribution in [2.24, 2.45) is 10.2 Å². The maximum atomic E-state index is 11.1. The van der Waals surface area contributed by atoms with Crippen molar-refractivity contribution in [2.45, 2.75) is 30.9 Å². The molecule has 1 aliphatic heterocycles. The summed E-state index contributed by atoms with van der Waals surface area (Å²) in [5.41, 5.74) is -0.481. The molecule has 1 rings (SSSR count). The zero-order valence-corrected chi connectivity index (χ0v) is 8.17. The van der Waals surface area contributed by atoms with E-state index in [9.17, 15) is 4.79 Å². The van der Waals surface area contributed by atoms with Crippen LogP contribution in [-0.4, -0.2) is 16.1 Å². The lowest BCUT2D eigenvalue weighted by Crippen LogP contribution is -2.30. The van der Waals surface area contributed by atoms with E-state index < -0.39 is 16.1 Å². The van der Waals surface area contributed by atoms with E-state index in [-0.39, 0.29) is 0 Å². The van der Waals surface area contributed by atoms with Crippen molar-refractivity contribution in [3.05, 3.63) is 0 Å². The summed E-state index contributed by atoms with van der Waals surface area (Å²) < 4.78 is 3.91. The smallest absolute Gasteiger partial charge is 0.372 e. The lowest BCUT2D eigenvalue weighted by atomic mass is 10.2. The molecule has 0 saturated carbocycles. The summed E-state index contributed by atoms with van der Waals surface area (Å²) >= 11 is 3.00. The van der Waals surface area contributed by atoms with E-state index in [0.29, 0.717) is 0 Å². The van der Waals surface area contributed by atoms with Crippen LogP contribution in [0.4, 0.5) is 0 Å². The highest BCUT2D eigenvalue weighted by molar-refractivity contribution is 9.10. The number of ether oxygens (including phenoxy) is 1. The molecule has 0 aromatic carbocycles. The first-order valence-electron chi connectivity index (χ1n) is 3.20. The van der Waals surface area contributed by atoms with Crippen LogP contribution in [0.5, 0.6) is 0 Å². The van der Waals surface area contributed by atoms with Gasteiger partial charge in [0.1, 0.15) is 5.60 Å². The van der Waals surface area contributed by atoms with Gasteiger partial charge >= 0.3 is 10.5 Å². The molecular weight excluding hydrogens is 212 g/mol. The molecule has 1 aliphatic rings. The number of carbonyl (C=O) groups is 1. The number of alkyl halides is 1. The maximum Gasteiger partial charge on any atom is 0.372 e. The Morgan fingerprint density at radius 3 is 2.18 bits per heavy atom. The van der Waals surface area contributed by atoms with Crippen molar-refractivity contribution in [2.75, 3.05) is 0 Å². The minimum absolute atomic E-state index is 0.454. The number of rotatable bonds is 1. The van der Waals surface area contributed by atoms with Gasteiger partial charge in [-0.1, -0.05) is 0 Å². The molecule has 1 heterocycles. The van der Waals surface area contributed by atoms with Crippen molar-refractivity contribution in [1.29, 1.82) is 0 Å². The van der Waals surface area contributed by atoms with Gasteiger partial charge in [0.15, 0.2) is 0 Å². The molecule has 0 aliphatic carbocycles. The average Bonchev–Trinajstić information content (AvgIpc) is 2.44. The topological polar surface area (TPSA) is 51.0 Å². The summed E-state index contributed by atoms with van der Waals surface area (Å²) in [6.45, 7) is 5.39. The standard InChI is InChI=1S/C6H9BrN2O2/c1-5(2,3)11-4(10)6(7)8-9-6/h1-3H3. The quantitative estimate of drug-likeness (QED) is 0.385. The van der Waals surface area contributed by atoms with Crippen LogP contribution in [-0.2, 0) is 9.53 Å². The molecule has 0 bridgehead atoms. The van der Waals surface area contributed by atoms with Crippen LogP contribution < -0.4 is 0 Å². The molecule has 0 spiro atoms. The number of carbonyl (C=O) groups excluding carboxylic acids is 1. The van der Waals surface area contributed by atoms with E-state index in [1.807, 2.05) is 0 Å². The summed E-state index contributed by atoms with van der Waals surface area (Å²) in [6.07, 6.45) is 0. The lowest BCUT2D eigenvalue weighted by molar-refractivity contribution is -0.155. The van der Waals surface area contributed by atoms with E-state index in [4.69, 9.17) is 4.74 Å². The van der Waals surface area contributed by atoms with Crippen molar-refractivity contribution < 1.29 is 9.53 Å². The number of esters is 1. The molecule has 11 heavy (non-hydrogen) atoms. The van der Waals surface area contributed by atoms with E-state index in [0.717, 1.165) is 0 Å². The predicted octanol–water partition coefficient (Wildman–Crippen LogP) is 1.84. The Kier molecular flexibility index (Phi) is 1.78. The van der Waals surface area contributed by atoms with Crippen molar-refractivity contribution in [3.63, 3.8) is 0 Å². The predicted molar refractivity (Wildman–Crippen MR) is 42.4 cm³/mol. The fraction of sp³-hybridized carbons (Fsp3) is 0.833. The van der Waals surface area contributed by atoms with Crippen molar-refractivity contribution in [3.8, 4) is 0 Å². The number of hydrogen-bond acceptors (Lipinski definition) is 4. The second-order valence-electron chi connectivity index (χ2n) is 3.29. The molecule has 0 atom stereocenters. The van der Waals surface area contributed by atoms with Gasteiger partial charge in [-0.3, -0.25) is 0 Å².